The summed E-state index contributed by atoms with van der Waals surface area (Å²) >= 11 is 0. The third kappa shape index (κ3) is 3.89. The zero-order chi connectivity index (χ0) is 19.8. The van der Waals surface area contributed by atoms with Gasteiger partial charge in [-0.2, -0.15) is 8.78 Å². The van der Waals surface area contributed by atoms with Gasteiger partial charge >= 0.3 is 6.11 Å². The molecule has 0 unspecified atom stereocenters. The van der Waals surface area contributed by atoms with Crippen LogP contribution in [0.5, 0.6) is 5.75 Å². The van der Waals surface area contributed by atoms with E-state index in [9.17, 15) is 30.7 Å². The number of alkyl halides is 2. The summed E-state index contributed by atoms with van der Waals surface area (Å²) in [6.07, 6.45) is -4.51. The van der Waals surface area contributed by atoms with Crippen molar-refractivity contribution in [1.29, 1.82) is 0 Å². The van der Waals surface area contributed by atoms with Crippen LogP contribution >= 0.6 is 0 Å². The Morgan fingerprint density at radius 2 is 1.30 bits per heavy atom. The topological polar surface area (TPSA) is 9.23 Å². The summed E-state index contributed by atoms with van der Waals surface area (Å²) in [6, 6.07) is 7.43. The quantitative estimate of drug-likeness (QED) is 0.487. The predicted octanol–water partition coefficient (Wildman–Crippen LogP) is 6.18. The molecule has 3 aromatic carbocycles. The van der Waals surface area contributed by atoms with Crippen molar-refractivity contribution in [2.24, 2.45) is 0 Å². The molecule has 0 radical (unpaired) electrons. The average molecular weight is 386 g/mol. The Kier molecular flexibility index (Phi) is 4.82. The molecule has 0 aliphatic rings. The van der Waals surface area contributed by atoms with Crippen LogP contribution in [0.15, 0.2) is 54.6 Å². The van der Waals surface area contributed by atoms with Gasteiger partial charge in [0.05, 0.1) is 0 Å². The molecule has 1 nitrogen and oxygen atoms in total. The highest BCUT2D eigenvalue weighted by Crippen LogP contribution is 2.37. The first-order chi connectivity index (χ1) is 12.7. The number of benzene rings is 3. The van der Waals surface area contributed by atoms with Crippen LogP contribution < -0.4 is 4.74 Å². The van der Waals surface area contributed by atoms with Crippen LogP contribution in [0.25, 0.3) is 11.1 Å². The fourth-order valence-electron chi connectivity index (χ4n) is 2.43. The Morgan fingerprint density at radius 1 is 0.630 bits per heavy atom. The number of rotatable bonds is 4. The smallest absolute Gasteiger partial charge is 0.429 e. The van der Waals surface area contributed by atoms with Crippen molar-refractivity contribution in [3.63, 3.8) is 0 Å². The van der Waals surface area contributed by atoms with Gasteiger partial charge in [-0.3, -0.25) is 0 Å². The molecule has 0 bridgehead atoms. The first kappa shape index (κ1) is 18.8. The first-order valence-electron chi connectivity index (χ1n) is 7.45. The Bertz CT molecular complexity index is 978. The van der Waals surface area contributed by atoms with E-state index >= 15 is 0 Å². The maximum Gasteiger partial charge on any atom is 0.432 e. The highest BCUT2D eigenvalue weighted by atomic mass is 19.3. The fourth-order valence-corrected chi connectivity index (χ4v) is 2.43. The van der Waals surface area contributed by atoms with Crippen LogP contribution in [0, 0.1) is 29.1 Å². The predicted molar refractivity (Wildman–Crippen MR) is 82.6 cm³/mol. The van der Waals surface area contributed by atoms with Gasteiger partial charge in [0, 0.05) is 6.07 Å². The molecule has 0 spiro atoms. The molecule has 3 rings (SSSR count). The summed E-state index contributed by atoms with van der Waals surface area (Å²) in [4.78, 5) is 0. The standard InChI is InChI=1S/C19H9F7O/c20-12-3-1-2-10(6-12)11-7-16(23)18(17(24)8-11)19(25,26)27-13-4-5-14(21)15(22)9-13/h1-9H. The van der Waals surface area contributed by atoms with Gasteiger partial charge in [-0.15, -0.1) is 0 Å². The molecule has 0 amide bonds. The van der Waals surface area contributed by atoms with Crippen LogP contribution in [0.3, 0.4) is 0 Å². The average Bonchev–Trinajstić information content (AvgIpc) is 2.57. The third-order valence-electron chi connectivity index (χ3n) is 3.63. The van der Waals surface area contributed by atoms with Crippen LogP contribution in [0.1, 0.15) is 5.56 Å². The maximum atomic E-state index is 14.2. The van der Waals surface area contributed by atoms with E-state index in [1.165, 1.54) is 12.1 Å². The maximum absolute atomic E-state index is 14.2. The molecule has 0 fully saturated rings. The van der Waals surface area contributed by atoms with E-state index in [1.54, 1.807) is 0 Å². The van der Waals surface area contributed by atoms with Gasteiger partial charge in [-0.05, 0) is 47.5 Å². The van der Waals surface area contributed by atoms with Crippen molar-refractivity contribution in [2.45, 2.75) is 6.11 Å². The van der Waals surface area contributed by atoms with Crippen LogP contribution in [-0.2, 0) is 6.11 Å². The molecule has 27 heavy (non-hydrogen) atoms. The van der Waals surface area contributed by atoms with Crippen molar-refractivity contribution in [3.8, 4) is 16.9 Å². The van der Waals surface area contributed by atoms with E-state index in [2.05, 4.69) is 4.74 Å². The zero-order valence-corrected chi connectivity index (χ0v) is 13.3. The minimum atomic E-state index is -4.51. The summed E-state index contributed by atoms with van der Waals surface area (Å²) in [5.41, 5.74) is -1.81. The largest absolute Gasteiger partial charge is 0.432 e. The van der Waals surface area contributed by atoms with Gasteiger partial charge < -0.3 is 4.74 Å². The second kappa shape index (κ2) is 6.94. The lowest BCUT2D eigenvalue weighted by atomic mass is 10.0. The molecular formula is C19H9F7O. The summed E-state index contributed by atoms with van der Waals surface area (Å²) < 4.78 is 100. The SMILES string of the molecule is Fc1cccc(-c2cc(F)c(C(F)(F)Oc3ccc(F)c(F)c3)c(F)c2)c1. The third-order valence-corrected chi connectivity index (χ3v) is 3.63. The molecule has 0 saturated heterocycles. The van der Waals surface area contributed by atoms with Crippen molar-refractivity contribution in [1.82, 2.24) is 0 Å². The van der Waals surface area contributed by atoms with E-state index in [-0.39, 0.29) is 11.1 Å². The van der Waals surface area contributed by atoms with Crippen molar-refractivity contribution < 1.29 is 35.5 Å². The minimum absolute atomic E-state index is 0.0733. The Morgan fingerprint density at radius 3 is 1.89 bits per heavy atom. The number of hydrogen-bond donors (Lipinski definition) is 0. The summed E-state index contributed by atoms with van der Waals surface area (Å²) in [6.45, 7) is 0. The summed E-state index contributed by atoms with van der Waals surface area (Å²) in [5.74, 6) is -7.58. The van der Waals surface area contributed by atoms with E-state index in [0.717, 1.165) is 12.1 Å². The van der Waals surface area contributed by atoms with Gasteiger partial charge in [0.25, 0.3) is 0 Å². The van der Waals surface area contributed by atoms with E-state index in [4.69, 9.17) is 0 Å². The van der Waals surface area contributed by atoms with Crippen LogP contribution in [0.2, 0.25) is 0 Å². The van der Waals surface area contributed by atoms with E-state index in [0.29, 0.717) is 30.3 Å². The normalized spacial score (nSPS) is 11.5. The number of halogens is 7. The zero-order valence-electron chi connectivity index (χ0n) is 13.3. The highest BCUT2D eigenvalue weighted by molar-refractivity contribution is 5.64. The number of ether oxygens (including phenoxy) is 1. The van der Waals surface area contributed by atoms with Crippen LogP contribution in [0.4, 0.5) is 30.7 Å². The van der Waals surface area contributed by atoms with Gasteiger partial charge in [0.2, 0.25) is 0 Å². The Hall–Kier alpha value is -3.03. The molecule has 8 heteroatoms. The number of hydrogen-bond acceptors (Lipinski definition) is 1. The highest BCUT2D eigenvalue weighted by Gasteiger charge is 2.41. The molecule has 140 valence electrons. The lowest BCUT2D eigenvalue weighted by molar-refractivity contribution is -0.189. The van der Waals surface area contributed by atoms with E-state index in [1.807, 2.05) is 0 Å². The fraction of sp³-hybridized carbons (Fsp3) is 0.0526. The molecule has 0 heterocycles. The molecule has 0 aromatic heterocycles. The van der Waals surface area contributed by atoms with E-state index < -0.39 is 46.5 Å². The van der Waals surface area contributed by atoms with Crippen molar-refractivity contribution in [3.05, 3.63) is 89.2 Å². The Labute approximate surface area is 148 Å². The second-order valence-electron chi connectivity index (χ2n) is 5.52. The van der Waals surface area contributed by atoms with Crippen molar-refractivity contribution >= 4 is 0 Å². The monoisotopic (exact) mass is 386 g/mol. The summed E-state index contributed by atoms with van der Waals surface area (Å²) in [7, 11) is 0. The lowest BCUT2D eigenvalue weighted by Crippen LogP contribution is -2.25. The molecule has 0 aliphatic heterocycles. The van der Waals surface area contributed by atoms with Gasteiger partial charge in [-0.25, -0.2) is 22.0 Å². The molecule has 3 aromatic rings. The molecule has 0 aliphatic carbocycles. The van der Waals surface area contributed by atoms with Gasteiger partial charge in [0.15, 0.2) is 11.6 Å². The molecule has 0 N–H and O–H groups in total. The first-order valence-corrected chi connectivity index (χ1v) is 7.45. The van der Waals surface area contributed by atoms with Crippen LogP contribution in [-0.4, -0.2) is 0 Å². The van der Waals surface area contributed by atoms with Gasteiger partial charge in [-0.1, -0.05) is 12.1 Å². The lowest BCUT2D eigenvalue weighted by Gasteiger charge is -2.20. The summed E-state index contributed by atoms with van der Waals surface area (Å²) in [5, 5.41) is 0. The molecule has 0 atom stereocenters. The van der Waals surface area contributed by atoms with Gasteiger partial charge in [0.1, 0.15) is 28.8 Å². The molecule has 0 saturated carbocycles. The van der Waals surface area contributed by atoms with Crippen molar-refractivity contribution in [2.75, 3.05) is 0 Å². The minimum Gasteiger partial charge on any atom is -0.429 e. The Balaban J connectivity index is 1.98. The second-order valence-corrected chi connectivity index (χ2v) is 5.52. The molecular weight excluding hydrogens is 377 g/mol.